The predicted octanol–water partition coefficient (Wildman–Crippen LogP) is 3.95. The standard InChI is InChI=1S/C18H18O3/c1-2-15-9-6-10-16(17(15)18-19-11-12-20-18)21-13-14-7-4-3-5-8-14/h2-10,18H,1,11-13H2. The molecule has 108 valence electrons. The molecule has 1 saturated heterocycles. The van der Waals surface area contributed by atoms with E-state index in [9.17, 15) is 0 Å². The van der Waals surface area contributed by atoms with E-state index < -0.39 is 0 Å². The maximum absolute atomic E-state index is 5.97. The van der Waals surface area contributed by atoms with Crippen LogP contribution in [0.15, 0.2) is 55.1 Å². The molecule has 2 aromatic carbocycles. The van der Waals surface area contributed by atoms with Gasteiger partial charge in [-0.2, -0.15) is 0 Å². The molecule has 3 rings (SSSR count). The Morgan fingerprint density at radius 3 is 2.52 bits per heavy atom. The molecule has 0 radical (unpaired) electrons. The van der Waals surface area contributed by atoms with Gasteiger partial charge in [-0.25, -0.2) is 0 Å². The normalized spacial score (nSPS) is 15.0. The first-order chi connectivity index (χ1) is 10.4. The summed E-state index contributed by atoms with van der Waals surface area (Å²) in [5, 5.41) is 0. The summed E-state index contributed by atoms with van der Waals surface area (Å²) in [6.07, 6.45) is 1.43. The van der Waals surface area contributed by atoms with Crippen molar-refractivity contribution in [3.63, 3.8) is 0 Å². The molecule has 0 saturated carbocycles. The highest BCUT2D eigenvalue weighted by molar-refractivity contribution is 5.57. The quantitative estimate of drug-likeness (QED) is 0.831. The third kappa shape index (κ3) is 3.15. The van der Waals surface area contributed by atoms with Gasteiger partial charge in [-0.3, -0.25) is 0 Å². The molecule has 21 heavy (non-hydrogen) atoms. The van der Waals surface area contributed by atoms with E-state index >= 15 is 0 Å². The largest absolute Gasteiger partial charge is 0.488 e. The minimum atomic E-state index is -0.370. The number of hydrogen-bond donors (Lipinski definition) is 0. The first-order valence-corrected chi connectivity index (χ1v) is 7.04. The van der Waals surface area contributed by atoms with Gasteiger partial charge in [0.15, 0.2) is 6.29 Å². The lowest BCUT2D eigenvalue weighted by Crippen LogP contribution is -2.06. The van der Waals surface area contributed by atoms with Gasteiger partial charge in [0.1, 0.15) is 12.4 Å². The van der Waals surface area contributed by atoms with Crippen LogP contribution in [0.1, 0.15) is 23.0 Å². The SMILES string of the molecule is C=Cc1cccc(OCc2ccccc2)c1C1OCCO1. The van der Waals surface area contributed by atoms with E-state index in [2.05, 4.69) is 6.58 Å². The number of benzene rings is 2. The van der Waals surface area contributed by atoms with E-state index in [4.69, 9.17) is 14.2 Å². The zero-order valence-corrected chi connectivity index (χ0v) is 11.8. The van der Waals surface area contributed by atoms with Crippen LogP contribution in [0.2, 0.25) is 0 Å². The average molecular weight is 282 g/mol. The van der Waals surface area contributed by atoms with Crippen LogP contribution in [0.5, 0.6) is 5.75 Å². The molecule has 1 heterocycles. The van der Waals surface area contributed by atoms with Crippen molar-refractivity contribution in [3.8, 4) is 5.75 Å². The van der Waals surface area contributed by atoms with Gasteiger partial charge in [0, 0.05) is 0 Å². The van der Waals surface area contributed by atoms with Gasteiger partial charge in [0.05, 0.1) is 18.8 Å². The van der Waals surface area contributed by atoms with Crippen LogP contribution in [0.4, 0.5) is 0 Å². The molecule has 3 nitrogen and oxygen atoms in total. The van der Waals surface area contributed by atoms with Crippen molar-refractivity contribution >= 4 is 6.08 Å². The van der Waals surface area contributed by atoms with Gasteiger partial charge in [-0.15, -0.1) is 0 Å². The fraction of sp³-hybridized carbons (Fsp3) is 0.222. The van der Waals surface area contributed by atoms with E-state index in [1.807, 2.05) is 48.5 Å². The summed E-state index contributed by atoms with van der Waals surface area (Å²) in [4.78, 5) is 0. The molecule has 0 amide bonds. The number of rotatable bonds is 5. The lowest BCUT2D eigenvalue weighted by molar-refractivity contribution is -0.0460. The number of hydrogen-bond acceptors (Lipinski definition) is 3. The fourth-order valence-corrected chi connectivity index (χ4v) is 2.38. The monoisotopic (exact) mass is 282 g/mol. The van der Waals surface area contributed by atoms with Crippen LogP contribution in [0.3, 0.4) is 0 Å². The van der Waals surface area contributed by atoms with Crippen molar-refractivity contribution in [3.05, 3.63) is 71.8 Å². The van der Waals surface area contributed by atoms with E-state index in [1.54, 1.807) is 6.08 Å². The summed E-state index contributed by atoms with van der Waals surface area (Å²) in [6, 6.07) is 16.0. The van der Waals surface area contributed by atoms with E-state index in [1.165, 1.54) is 0 Å². The molecule has 0 aliphatic carbocycles. The lowest BCUT2D eigenvalue weighted by Gasteiger charge is -2.18. The van der Waals surface area contributed by atoms with Crippen molar-refractivity contribution in [1.82, 2.24) is 0 Å². The molecule has 1 fully saturated rings. The average Bonchev–Trinajstić information content (AvgIpc) is 3.07. The molecule has 0 N–H and O–H groups in total. The molecule has 0 spiro atoms. The first-order valence-electron chi connectivity index (χ1n) is 7.04. The second-order valence-corrected chi connectivity index (χ2v) is 4.81. The topological polar surface area (TPSA) is 27.7 Å². The second-order valence-electron chi connectivity index (χ2n) is 4.81. The van der Waals surface area contributed by atoms with Crippen molar-refractivity contribution in [2.45, 2.75) is 12.9 Å². The molecular formula is C18H18O3. The molecule has 0 atom stereocenters. The van der Waals surface area contributed by atoms with Crippen LogP contribution in [0.25, 0.3) is 6.08 Å². The Hall–Kier alpha value is -2.10. The Morgan fingerprint density at radius 1 is 1.05 bits per heavy atom. The molecule has 0 aromatic heterocycles. The van der Waals surface area contributed by atoms with Crippen molar-refractivity contribution < 1.29 is 14.2 Å². The Morgan fingerprint density at radius 2 is 1.81 bits per heavy atom. The highest BCUT2D eigenvalue weighted by Crippen LogP contribution is 2.35. The van der Waals surface area contributed by atoms with E-state index in [-0.39, 0.29) is 6.29 Å². The van der Waals surface area contributed by atoms with E-state index in [0.717, 1.165) is 22.4 Å². The van der Waals surface area contributed by atoms with Gasteiger partial charge in [-0.05, 0) is 17.2 Å². The summed E-state index contributed by atoms with van der Waals surface area (Å²) in [5.41, 5.74) is 3.02. The first kappa shape index (κ1) is 13.9. The molecule has 3 heteroatoms. The highest BCUT2D eigenvalue weighted by Gasteiger charge is 2.24. The Labute approximate surface area is 124 Å². The number of ether oxygens (including phenoxy) is 3. The maximum Gasteiger partial charge on any atom is 0.188 e. The van der Waals surface area contributed by atoms with Crippen LogP contribution < -0.4 is 4.74 Å². The van der Waals surface area contributed by atoms with Gasteiger partial charge >= 0.3 is 0 Å². The zero-order chi connectivity index (χ0) is 14.5. The van der Waals surface area contributed by atoms with Crippen molar-refractivity contribution in [1.29, 1.82) is 0 Å². The molecule has 0 unspecified atom stereocenters. The smallest absolute Gasteiger partial charge is 0.188 e. The van der Waals surface area contributed by atoms with E-state index in [0.29, 0.717) is 19.8 Å². The third-order valence-corrected chi connectivity index (χ3v) is 3.41. The second kappa shape index (κ2) is 6.57. The molecule has 0 bridgehead atoms. The van der Waals surface area contributed by atoms with Gasteiger partial charge < -0.3 is 14.2 Å². The van der Waals surface area contributed by atoms with Crippen molar-refractivity contribution in [2.24, 2.45) is 0 Å². The summed E-state index contributed by atoms with van der Waals surface area (Å²) in [5.74, 6) is 0.781. The fourth-order valence-electron chi connectivity index (χ4n) is 2.38. The molecule has 1 aliphatic heterocycles. The van der Waals surface area contributed by atoms with Crippen LogP contribution >= 0.6 is 0 Å². The van der Waals surface area contributed by atoms with Gasteiger partial charge in [0.25, 0.3) is 0 Å². The predicted molar refractivity (Wildman–Crippen MR) is 82.0 cm³/mol. The van der Waals surface area contributed by atoms with Crippen LogP contribution in [-0.2, 0) is 16.1 Å². The van der Waals surface area contributed by atoms with Crippen LogP contribution in [0, 0.1) is 0 Å². The van der Waals surface area contributed by atoms with Crippen molar-refractivity contribution in [2.75, 3.05) is 13.2 Å². The Bertz CT molecular complexity index is 601. The maximum atomic E-state index is 5.97. The third-order valence-electron chi connectivity index (χ3n) is 3.41. The molecule has 1 aliphatic rings. The zero-order valence-electron chi connectivity index (χ0n) is 11.8. The summed E-state index contributed by atoms with van der Waals surface area (Å²) in [7, 11) is 0. The molecular weight excluding hydrogens is 264 g/mol. The highest BCUT2D eigenvalue weighted by atomic mass is 16.7. The van der Waals surface area contributed by atoms with Gasteiger partial charge in [0.2, 0.25) is 0 Å². The minimum absolute atomic E-state index is 0.370. The summed E-state index contributed by atoms with van der Waals surface area (Å²) >= 11 is 0. The van der Waals surface area contributed by atoms with Gasteiger partial charge in [-0.1, -0.05) is 55.1 Å². The van der Waals surface area contributed by atoms with Crippen LogP contribution in [-0.4, -0.2) is 13.2 Å². The Kier molecular flexibility index (Phi) is 4.34. The minimum Gasteiger partial charge on any atom is -0.488 e. The molecule has 2 aromatic rings. The lowest BCUT2D eigenvalue weighted by atomic mass is 10.1. The summed E-state index contributed by atoms with van der Waals surface area (Å²) < 4.78 is 17.2. The Balaban J connectivity index is 1.85. The summed E-state index contributed by atoms with van der Waals surface area (Å²) in [6.45, 7) is 5.58.